The second-order valence-electron chi connectivity index (χ2n) is 4.42. The van der Waals surface area contributed by atoms with E-state index in [4.69, 9.17) is 5.11 Å². The standard InChI is InChI=1S/C10H12N4O6S/c1-14-7(15)3-2-6(9(14)16)13-21(19,20)8-5(10(17)18)4-11-12-8/h4,6,13H,2-3H2,1H3,(H,11,12)(H,17,18). The molecule has 1 aliphatic rings. The molecule has 1 saturated heterocycles. The summed E-state index contributed by atoms with van der Waals surface area (Å²) in [5, 5.41) is 13.7. The molecule has 0 aromatic carbocycles. The van der Waals surface area contributed by atoms with Crippen molar-refractivity contribution >= 4 is 27.8 Å². The number of carbonyl (C=O) groups is 3. The fourth-order valence-electron chi connectivity index (χ4n) is 1.90. The number of hydrogen-bond donors (Lipinski definition) is 3. The van der Waals surface area contributed by atoms with Crippen molar-refractivity contribution in [3.8, 4) is 0 Å². The number of aromatic carboxylic acids is 1. The molecule has 2 amide bonds. The number of carbonyl (C=O) groups excluding carboxylic acids is 2. The fourth-order valence-corrected chi connectivity index (χ4v) is 3.22. The first-order valence-corrected chi connectivity index (χ1v) is 7.31. The van der Waals surface area contributed by atoms with Gasteiger partial charge in [0.2, 0.25) is 11.8 Å². The Morgan fingerprint density at radius 3 is 2.81 bits per heavy atom. The number of likely N-dealkylation sites (tertiary alicyclic amines) is 1. The van der Waals surface area contributed by atoms with Gasteiger partial charge in [-0.05, 0) is 6.42 Å². The first-order chi connectivity index (χ1) is 9.74. The van der Waals surface area contributed by atoms with Crippen LogP contribution in [0.15, 0.2) is 11.2 Å². The van der Waals surface area contributed by atoms with Crippen LogP contribution in [-0.2, 0) is 19.6 Å². The first kappa shape index (κ1) is 15.1. The summed E-state index contributed by atoms with van der Waals surface area (Å²) < 4.78 is 26.3. The number of H-pyrrole nitrogens is 1. The van der Waals surface area contributed by atoms with Crippen molar-refractivity contribution in [1.29, 1.82) is 0 Å². The zero-order valence-electron chi connectivity index (χ0n) is 10.9. The molecule has 1 atom stereocenters. The quantitative estimate of drug-likeness (QED) is 0.574. The predicted molar refractivity (Wildman–Crippen MR) is 66.7 cm³/mol. The molecule has 0 aliphatic carbocycles. The van der Waals surface area contributed by atoms with E-state index in [1.807, 2.05) is 0 Å². The van der Waals surface area contributed by atoms with Gasteiger partial charge < -0.3 is 5.11 Å². The molecular formula is C10H12N4O6S. The molecule has 1 fully saturated rings. The molecule has 1 unspecified atom stereocenters. The monoisotopic (exact) mass is 316 g/mol. The summed E-state index contributed by atoms with van der Waals surface area (Å²) >= 11 is 0. The van der Waals surface area contributed by atoms with E-state index in [0.717, 1.165) is 11.1 Å². The third kappa shape index (κ3) is 2.78. The average molecular weight is 316 g/mol. The van der Waals surface area contributed by atoms with Gasteiger partial charge in [0.1, 0.15) is 11.6 Å². The Morgan fingerprint density at radius 2 is 2.19 bits per heavy atom. The van der Waals surface area contributed by atoms with Crippen molar-refractivity contribution < 1.29 is 27.9 Å². The molecule has 2 heterocycles. The van der Waals surface area contributed by atoms with Crippen molar-refractivity contribution in [2.45, 2.75) is 23.9 Å². The molecule has 0 spiro atoms. The number of amides is 2. The van der Waals surface area contributed by atoms with Crippen LogP contribution in [0.25, 0.3) is 0 Å². The molecular weight excluding hydrogens is 304 g/mol. The normalized spacial score (nSPS) is 19.9. The Balaban J connectivity index is 2.26. The highest BCUT2D eigenvalue weighted by Crippen LogP contribution is 2.16. The molecule has 11 heteroatoms. The number of aromatic amines is 1. The minimum Gasteiger partial charge on any atom is -0.478 e. The highest BCUT2D eigenvalue weighted by Gasteiger charge is 2.36. The summed E-state index contributed by atoms with van der Waals surface area (Å²) in [4.78, 5) is 34.9. The third-order valence-electron chi connectivity index (χ3n) is 3.05. The number of piperidine rings is 1. The fraction of sp³-hybridized carbons (Fsp3) is 0.400. The number of hydrogen-bond acceptors (Lipinski definition) is 6. The number of nitrogens with zero attached hydrogens (tertiary/aromatic N) is 2. The van der Waals surface area contributed by atoms with Crippen molar-refractivity contribution in [2.75, 3.05) is 7.05 Å². The molecule has 0 bridgehead atoms. The Morgan fingerprint density at radius 1 is 1.52 bits per heavy atom. The highest BCUT2D eigenvalue weighted by molar-refractivity contribution is 7.89. The summed E-state index contributed by atoms with van der Waals surface area (Å²) in [6.07, 6.45) is 0.886. The van der Waals surface area contributed by atoms with Crippen molar-refractivity contribution in [2.24, 2.45) is 0 Å². The van der Waals surface area contributed by atoms with E-state index in [2.05, 4.69) is 14.9 Å². The van der Waals surface area contributed by atoms with Crippen LogP contribution in [0, 0.1) is 0 Å². The van der Waals surface area contributed by atoms with Crippen LogP contribution in [0.2, 0.25) is 0 Å². The van der Waals surface area contributed by atoms with Crippen molar-refractivity contribution in [1.82, 2.24) is 19.8 Å². The van der Waals surface area contributed by atoms with Gasteiger partial charge in [0.25, 0.3) is 10.0 Å². The average Bonchev–Trinajstić information content (AvgIpc) is 2.90. The van der Waals surface area contributed by atoms with Gasteiger partial charge in [-0.25, -0.2) is 13.2 Å². The smallest absolute Gasteiger partial charge is 0.340 e. The number of carboxylic acid groups (broad SMARTS) is 1. The van der Waals surface area contributed by atoms with Gasteiger partial charge in [-0.1, -0.05) is 0 Å². The lowest BCUT2D eigenvalue weighted by atomic mass is 10.1. The number of imide groups is 1. The van der Waals surface area contributed by atoms with Gasteiger partial charge in [-0.15, -0.1) is 0 Å². The maximum atomic E-state index is 12.1. The summed E-state index contributed by atoms with van der Waals surface area (Å²) in [5.41, 5.74) is -0.532. The molecule has 114 valence electrons. The van der Waals surface area contributed by atoms with Crippen LogP contribution in [0.1, 0.15) is 23.2 Å². The van der Waals surface area contributed by atoms with Gasteiger partial charge >= 0.3 is 5.97 Å². The zero-order chi connectivity index (χ0) is 15.8. The largest absolute Gasteiger partial charge is 0.478 e. The third-order valence-corrected chi connectivity index (χ3v) is 4.49. The zero-order valence-corrected chi connectivity index (χ0v) is 11.7. The number of aromatic nitrogens is 2. The maximum absolute atomic E-state index is 12.1. The Labute approximate surface area is 119 Å². The van der Waals surface area contributed by atoms with Gasteiger partial charge in [0.15, 0.2) is 5.03 Å². The Bertz CT molecular complexity index is 709. The molecule has 1 aliphatic heterocycles. The van der Waals surface area contributed by atoms with Gasteiger partial charge in [-0.3, -0.25) is 19.6 Å². The van der Waals surface area contributed by atoms with E-state index in [9.17, 15) is 22.8 Å². The lowest BCUT2D eigenvalue weighted by Gasteiger charge is -2.27. The Kier molecular flexibility index (Phi) is 3.78. The topological polar surface area (TPSA) is 150 Å². The number of carboxylic acids is 1. The molecule has 0 saturated carbocycles. The van der Waals surface area contributed by atoms with Gasteiger partial charge in [0.05, 0.1) is 6.20 Å². The number of likely N-dealkylation sites (N-methyl/N-ethyl adjacent to an activating group) is 1. The number of sulfonamides is 1. The van der Waals surface area contributed by atoms with Crippen LogP contribution in [0.5, 0.6) is 0 Å². The van der Waals surface area contributed by atoms with Gasteiger partial charge in [-0.2, -0.15) is 9.82 Å². The highest BCUT2D eigenvalue weighted by atomic mass is 32.2. The second-order valence-corrected chi connectivity index (χ2v) is 6.07. The van der Waals surface area contributed by atoms with Crippen molar-refractivity contribution in [3.05, 3.63) is 11.8 Å². The summed E-state index contributed by atoms with van der Waals surface area (Å²) in [5.74, 6) is -2.55. The van der Waals surface area contributed by atoms with E-state index in [-0.39, 0.29) is 12.8 Å². The van der Waals surface area contributed by atoms with E-state index in [1.165, 1.54) is 7.05 Å². The number of nitrogens with one attached hydrogen (secondary N) is 2. The predicted octanol–water partition coefficient (Wildman–Crippen LogP) is -1.47. The summed E-state index contributed by atoms with van der Waals surface area (Å²) in [6.45, 7) is 0. The minimum absolute atomic E-state index is 0.0117. The second kappa shape index (κ2) is 5.26. The van der Waals surface area contributed by atoms with E-state index in [1.54, 1.807) is 0 Å². The van der Waals surface area contributed by atoms with Crippen LogP contribution in [-0.4, -0.2) is 59.5 Å². The molecule has 0 radical (unpaired) electrons. The van der Waals surface area contributed by atoms with Crippen LogP contribution < -0.4 is 4.72 Å². The van der Waals surface area contributed by atoms with Gasteiger partial charge in [0, 0.05) is 13.5 Å². The van der Waals surface area contributed by atoms with Crippen LogP contribution in [0.3, 0.4) is 0 Å². The van der Waals surface area contributed by atoms with E-state index >= 15 is 0 Å². The summed E-state index contributed by atoms with van der Waals surface area (Å²) in [7, 11) is -3.02. The maximum Gasteiger partial charge on any atom is 0.340 e. The molecule has 21 heavy (non-hydrogen) atoms. The molecule has 1 aromatic rings. The molecule has 2 rings (SSSR count). The molecule has 10 nitrogen and oxygen atoms in total. The summed E-state index contributed by atoms with van der Waals surface area (Å²) in [6, 6.07) is -1.12. The Hall–Kier alpha value is -2.27. The lowest BCUT2D eigenvalue weighted by Crippen LogP contribution is -2.52. The number of rotatable bonds is 4. The SMILES string of the molecule is CN1C(=O)CCC(NS(=O)(=O)c2[nH]ncc2C(=O)O)C1=O. The van der Waals surface area contributed by atoms with Crippen LogP contribution >= 0.6 is 0 Å². The first-order valence-electron chi connectivity index (χ1n) is 5.83. The van der Waals surface area contributed by atoms with E-state index in [0.29, 0.717) is 0 Å². The molecule has 1 aromatic heterocycles. The lowest BCUT2D eigenvalue weighted by molar-refractivity contribution is -0.147. The van der Waals surface area contributed by atoms with E-state index < -0.39 is 44.4 Å². The minimum atomic E-state index is -4.27. The van der Waals surface area contributed by atoms with Crippen molar-refractivity contribution in [3.63, 3.8) is 0 Å². The van der Waals surface area contributed by atoms with Crippen LogP contribution in [0.4, 0.5) is 0 Å². The molecule has 3 N–H and O–H groups in total.